The first kappa shape index (κ1) is 12.5. The number of rotatable bonds is 2. The lowest BCUT2D eigenvalue weighted by Gasteiger charge is -2.15. The Morgan fingerprint density at radius 3 is 2.20 bits per heavy atom. The molecule has 20 heavy (non-hydrogen) atoms. The van der Waals surface area contributed by atoms with Gasteiger partial charge in [-0.3, -0.25) is 9.59 Å². The Morgan fingerprint density at radius 1 is 0.850 bits per heavy atom. The Kier molecular flexibility index (Phi) is 3.07. The minimum atomic E-state index is -0.0812. The number of aryl methyl sites for hydroxylation is 1. The lowest BCUT2D eigenvalue weighted by molar-refractivity contribution is 0.0982. The first-order valence-electron chi connectivity index (χ1n) is 6.59. The van der Waals surface area contributed by atoms with Gasteiger partial charge in [-0.15, -0.1) is 0 Å². The molecule has 0 unspecified atom stereocenters. The fraction of sp³-hybridized carbons (Fsp3) is 0.111. The second-order valence-electron chi connectivity index (χ2n) is 5.07. The maximum Gasteiger partial charge on any atom is 0.190 e. The number of hydrogen-bond donors (Lipinski definition) is 0. The van der Waals surface area contributed by atoms with E-state index in [0.29, 0.717) is 23.1 Å². The minimum absolute atomic E-state index is 0.0409. The molecule has 0 bridgehead atoms. The van der Waals surface area contributed by atoms with Crippen LogP contribution in [0.2, 0.25) is 0 Å². The molecule has 0 N–H and O–H groups in total. The van der Waals surface area contributed by atoms with E-state index < -0.39 is 0 Å². The molecule has 0 aromatic heterocycles. The number of carbonyl (C=O) groups is 2. The van der Waals surface area contributed by atoms with Crippen molar-refractivity contribution in [2.45, 2.75) is 13.3 Å². The second-order valence-corrected chi connectivity index (χ2v) is 5.07. The Labute approximate surface area is 117 Å². The van der Waals surface area contributed by atoms with E-state index in [0.717, 1.165) is 5.56 Å². The second kappa shape index (κ2) is 4.89. The van der Waals surface area contributed by atoms with Crippen LogP contribution >= 0.6 is 0 Å². The third-order valence-corrected chi connectivity index (χ3v) is 3.55. The Morgan fingerprint density at radius 2 is 1.50 bits per heavy atom. The van der Waals surface area contributed by atoms with Crippen LogP contribution in [0.25, 0.3) is 0 Å². The predicted molar refractivity (Wildman–Crippen MR) is 78.1 cm³/mol. The molecule has 1 aliphatic carbocycles. The fourth-order valence-corrected chi connectivity index (χ4v) is 2.43. The SMILES string of the molecule is Cc1ccc(CC2=CC(=O)c3ccccc3C2=O)cc1. The van der Waals surface area contributed by atoms with Crippen molar-refractivity contribution < 1.29 is 9.59 Å². The molecule has 0 amide bonds. The van der Waals surface area contributed by atoms with E-state index in [9.17, 15) is 9.59 Å². The van der Waals surface area contributed by atoms with E-state index in [4.69, 9.17) is 0 Å². The van der Waals surface area contributed by atoms with Crippen LogP contribution in [0.5, 0.6) is 0 Å². The molecular weight excluding hydrogens is 248 g/mol. The molecule has 2 aromatic rings. The van der Waals surface area contributed by atoms with E-state index >= 15 is 0 Å². The number of carbonyl (C=O) groups excluding carboxylic acids is 2. The molecule has 2 aromatic carbocycles. The zero-order valence-electron chi connectivity index (χ0n) is 11.2. The molecule has 3 rings (SSSR count). The quantitative estimate of drug-likeness (QED) is 0.829. The average Bonchev–Trinajstić information content (AvgIpc) is 2.47. The Bertz CT molecular complexity index is 721. The summed E-state index contributed by atoms with van der Waals surface area (Å²) in [7, 11) is 0. The molecule has 0 saturated heterocycles. The van der Waals surface area contributed by atoms with Gasteiger partial charge in [0.2, 0.25) is 0 Å². The van der Waals surface area contributed by atoms with E-state index in [-0.39, 0.29) is 11.6 Å². The fourth-order valence-electron chi connectivity index (χ4n) is 2.43. The van der Waals surface area contributed by atoms with Crippen LogP contribution in [-0.2, 0) is 6.42 Å². The maximum absolute atomic E-state index is 12.4. The van der Waals surface area contributed by atoms with Crippen molar-refractivity contribution in [1.29, 1.82) is 0 Å². The highest BCUT2D eigenvalue weighted by Gasteiger charge is 2.24. The van der Waals surface area contributed by atoms with Gasteiger partial charge in [-0.25, -0.2) is 0 Å². The Hall–Kier alpha value is -2.48. The van der Waals surface area contributed by atoms with Gasteiger partial charge >= 0.3 is 0 Å². The van der Waals surface area contributed by atoms with Crippen molar-refractivity contribution in [3.8, 4) is 0 Å². The van der Waals surface area contributed by atoms with Crippen molar-refractivity contribution in [1.82, 2.24) is 0 Å². The normalized spacial score (nSPS) is 13.9. The van der Waals surface area contributed by atoms with Gasteiger partial charge in [0.1, 0.15) is 0 Å². The van der Waals surface area contributed by atoms with Gasteiger partial charge < -0.3 is 0 Å². The van der Waals surface area contributed by atoms with Gasteiger partial charge in [0.05, 0.1) is 0 Å². The zero-order valence-corrected chi connectivity index (χ0v) is 11.2. The molecule has 0 heterocycles. The number of Topliss-reactive ketones (excluding diaryl/α,β-unsaturated/α-hetero) is 1. The van der Waals surface area contributed by atoms with Crippen LogP contribution < -0.4 is 0 Å². The number of hydrogen-bond acceptors (Lipinski definition) is 2. The summed E-state index contributed by atoms with van der Waals surface area (Å²) in [6, 6.07) is 15.0. The molecule has 0 aliphatic heterocycles. The standard InChI is InChI=1S/C18H14O2/c1-12-6-8-13(9-7-12)10-14-11-17(19)15-4-2-3-5-16(15)18(14)20/h2-9,11H,10H2,1H3. The van der Waals surface area contributed by atoms with E-state index in [1.807, 2.05) is 31.2 Å². The molecule has 2 nitrogen and oxygen atoms in total. The van der Waals surface area contributed by atoms with Gasteiger partial charge in [-0.1, -0.05) is 54.1 Å². The van der Waals surface area contributed by atoms with Gasteiger partial charge in [-0.2, -0.15) is 0 Å². The number of fused-ring (bicyclic) bond motifs is 1. The van der Waals surface area contributed by atoms with Crippen molar-refractivity contribution in [3.05, 3.63) is 82.4 Å². The highest BCUT2D eigenvalue weighted by atomic mass is 16.1. The highest BCUT2D eigenvalue weighted by Crippen LogP contribution is 2.23. The van der Waals surface area contributed by atoms with Crippen LogP contribution in [-0.4, -0.2) is 11.6 Å². The molecular formula is C18H14O2. The largest absolute Gasteiger partial charge is 0.289 e. The van der Waals surface area contributed by atoms with Crippen molar-refractivity contribution in [2.24, 2.45) is 0 Å². The Balaban J connectivity index is 1.94. The molecule has 0 fully saturated rings. The number of benzene rings is 2. The summed E-state index contributed by atoms with van der Waals surface area (Å²) < 4.78 is 0. The van der Waals surface area contributed by atoms with Gasteiger partial charge in [0.25, 0.3) is 0 Å². The lowest BCUT2D eigenvalue weighted by Crippen LogP contribution is -2.18. The first-order valence-corrected chi connectivity index (χ1v) is 6.59. The first-order chi connectivity index (χ1) is 9.65. The summed E-state index contributed by atoms with van der Waals surface area (Å²) >= 11 is 0. The molecule has 0 saturated carbocycles. The molecule has 98 valence electrons. The van der Waals surface area contributed by atoms with Crippen LogP contribution in [0.4, 0.5) is 0 Å². The summed E-state index contributed by atoms with van der Waals surface area (Å²) in [5, 5.41) is 0. The van der Waals surface area contributed by atoms with E-state index in [1.165, 1.54) is 11.6 Å². The predicted octanol–water partition coefficient (Wildman–Crippen LogP) is 3.54. The molecule has 1 aliphatic rings. The third-order valence-electron chi connectivity index (χ3n) is 3.55. The topological polar surface area (TPSA) is 34.1 Å². The summed E-state index contributed by atoms with van der Waals surface area (Å²) in [5.74, 6) is -0.122. The van der Waals surface area contributed by atoms with Gasteiger partial charge in [-0.05, 0) is 18.6 Å². The molecule has 2 heteroatoms. The van der Waals surface area contributed by atoms with Crippen molar-refractivity contribution >= 4 is 11.6 Å². The smallest absolute Gasteiger partial charge is 0.190 e. The zero-order chi connectivity index (χ0) is 14.1. The summed E-state index contributed by atoms with van der Waals surface area (Å²) in [6.07, 6.45) is 1.98. The van der Waals surface area contributed by atoms with Crippen LogP contribution in [0.15, 0.2) is 60.2 Å². The highest BCUT2D eigenvalue weighted by molar-refractivity contribution is 6.24. The summed E-state index contributed by atoms with van der Waals surface area (Å²) in [6.45, 7) is 2.02. The minimum Gasteiger partial charge on any atom is -0.289 e. The number of ketones is 2. The maximum atomic E-state index is 12.4. The van der Waals surface area contributed by atoms with Crippen molar-refractivity contribution in [3.63, 3.8) is 0 Å². The van der Waals surface area contributed by atoms with Crippen molar-refractivity contribution in [2.75, 3.05) is 0 Å². The third kappa shape index (κ3) is 2.21. The van der Waals surface area contributed by atoms with Gasteiger partial charge in [0, 0.05) is 23.1 Å². The molecule has 0 radical (unpaired) electrons. The number of allylic oxidation sites excluding steroid dienone is 2. The summed E-state index contributed by atoms with van der Waals surface area (Å²) in [5.41, 5.74) is 3.81. The monoisotopic (exact) mass is 262 g/mol. The van der Waals surface area contributed by atoms with E-state index in [1.54, 1.807) is 24.3 Å². The molecule has 0 atom stereocenters. The van der Waals surface area contributed by atoms with Crippen LogP contribution in [0.1, 0.15) is 31.8 Å². The van der Waals surface area contributed by atoms with Gasteiger partial charge in [0.15, 0.2) is 11.6 Å². The summed E-state index contributed by atoms with van der Waals surface area (Å²) in [4.78, 5) is 24.5. The van der Waals surface area contributed by atoms with Crippen LogP contribution in [0.3, 0.4) is 0 Å². The average molecular weight is 262 g/mol. The molecule has 0 spiro atoms. The lowest BCUT2D eigenvalue weighted by atomic mass is 9.87. The van der Waals surface area contributed by atoms with Crippen LogP contribution in [0, 0.1) is 6.92 Å². The van der Waals surface area contributed by atoms with E-state index in [2.05, 4.69) is 0 Å².